The molecule has 0 saturated heterocycles. The molecule has 0 unspecified atom stereocenters. The van der Waals surface area contributed by atoms with Gasteiger partial charge in [0.15, 0.2) is 0 Å². The zero-order chi connectivity index (χ0) is 13.8. The second kappa shape index (κ2) is 5.62. The van der Waals surface area contributed by atoms with Crippen molar-refractivity contribution in [3.8, 4) is 5.75 Å². The summed E-state index contributed by atoms with van der Waals surface area (Å²) in [4.78, 5) is 14.2. The maximum Gasteiger partial charge on any atom is 0.311 e. The van der Waals surface area contributed by atoms with Gasteiger partial charge in [0.25, 0.3) is 0 Å². The van der Waals surface area contributed by atoms with Gasteiger partial charge in [-0.3, -0.25) is 15.1 Å². The van der Waals surface area contributed by atoms with Crippen LogP contribution in [0.2, 0.25) is 0 Å². The van der Waals surface area contributed by atoms with E-state index in [0.717, 1.165) is 4.47 Å². The van der Waals surface area contributed by atoms with Gasteiger partial charge < -0.3 is 5.11 Å². The van der Waals surface area contributed by atoms with Crippen molar-refractivity contribution in [2.45, 2.75) is 0 Å². The number of phenolic OH excluding ortho intramolecular Hbond substituents is 1. The number of nitrogens with zero attached hydrogens (tertiary/aromatic N) is 2. The maximum atomic E-state index is 10.7. The minimum atomic E-state index is -0.633. The number of nitro groups is 1. The number of para-hydroxylation sites is 1. The van der Waals surface area contributed by atoms with Crippen molar-refractivity contribution in [2.75, 3.05) is 0 Å². The Hall–Kier alpha value is -2.21. The van der Waals surface area contributed by atoms with Gasteiger partial charge in [-0.05, 0) is 30.3 Å². The molecule has 0 spiro atoms. The molecule has 2 rings (SSSR count). The second-order valence-corrected chi connectivity index (χ2v) is 4.62. The van der Waals surface area contributed by atoms with Crippen LogP contribution in [0.15, 0.2) is 51.9 Å². The summed E-state index contributed by atoms with van der Waals surface area (Å²) in [5.41, 5.74) is 0.658. The molecule has 0 heterocycles. The van der Waals surface area contributed by atoms with Crippen LogP contribution in [0.5, 0.6) is 5.75 Å². The van der Waals surface area contributed by atoms with E-state index < -0.39 is 4.92 Å². The van der Waals surface area contributed by atoms with E-state index in [2.05, 4.69) is 20.9 Å². The lowest BCUT2D eigenvalue weighted by atomic mass is 10.2. The fraction of sp³-hybridized carbons (Fsp3) is 0. The average Bonchev–Trinajstić information content (AvgIpc) is 2.39. The quantitative estimate of drug-likeness (QED) is 0.530. The first kappa shape index (κ1) is 13.2. The van der Waals surface area contributed by atoms with Crippen molar-refractivity contribution in [3.05, 3.63) is 62.6 Å². The van der Waals surface area contributed by atoms with Crippen LogP contribution < -0.4 is 0 Å². The first-order valence-corrected chi connectivity index (χ1v) is 6.13. The Bertz CT molecular complexity index is 639. The molecule has 0 saturated carbocycles. The maximum absolute atomic E-state index is 10.7. The summed E-state index contributed by atoms with van der Waals surface area (Å²) in [6, 6.07) is 11.5. The highest BCUT2D eigenvalue weighted by atomic mass is 79.9. The van der Waals surface area contributed by atoms with Gasteiger partial charge in [0.05, 0.1) is 10.6 Å². The molecule has 6 heteroatoms. The van der Waals surface area contributed by atoms with Crippen LogP contribution >= 0.6 is 15.9 Å². The van der Waals surface area contributed by atoms with E-state index in [9.17, 15) is 15.2 Å². The van der Waals surface area contributed by atoms with E-state index in [1.807, 2.05) is 12.1 Å². The third-order valence-electron chi connectivity index (χ3n) is 2.42. The molecule has 0 aliphatic heterocycles. The Morgan fingerprint density at radius 1 is 1.21 bits per heavy atom. The highest BCUT2D eigenvalue weighted by molar-refractivity contribution is 9.10. The zero-order valence-electron chi connectivity index (χ0n) is 9.65. The highest BCUT2D eigenvalue weighted by Gasteiger charge is 2.14. The van der Waals surface area contributed by atoms with Crippen molar-refractivity contribution >= 4 is 33.5 Å². The summed E-state index contributed by atoms with van der Waals surface area (Å²) in [7, 11) is 0. The molecule has 2 aromatic carbocycles. The lowest BCUT2D eigenvalue weighted by Gasteiger charge is -1.99. The van der Waals surface area contributed by atoms with Gasteiger partial charge in [0.2, 0.25) is 5.75 Å². The predicted molar refractivity (Wildman–Crippen MR) is 76.2 cm³/mol. The molecule has 0 bridgehead atoms. The van der Waals surface area contributed by atoms with Gasteiger partial charge >= 0.3 is 5.69 Å². The fourth-order valence-corrected chi connectivity index (χ4v) is 1.74. The molecule has 19 heavy (non-hydrogen) atoms. The number of benzene rings is 2. The third kappa shape index (κ3) is 3.17. The molecular formula is C13H9BrN2O3. The SMILES string of the molecule is O=[N+]([O-])c1cccc(C=Nc2ccc(Br)cc2)c1O. The fourth-order valence-electron chi connectivity index (χ4n) is 1.47. The van der Waals surface area contributed by atoms with Crippen LogP contribution in [0.25, 0.3) is 0 Å². The molecule has 0 aliphatic rings. The largest absolute Gasteiger partial charge is 0.502 e. The molecule has 96 valence electrons. The van der Waals surface area contributed by atoms with E-state index in [4.69, 9.17) is 0 Å². The molecule has 0 radical (unpaired) electrons. The van der Waals surface area contributed by atoms with E-state index in [-0.39, 0.29) is 11.4 Å². The van der Waals surface area contributed by atoms with Crippen LogP contribution in [-0.2, 0) is 0 Å². The first-order chi connectivity index (χ1) is 9.08. The topological polar surface area (TPSA) is 75.7 Å². The summed E-state index contributed by atoms with van der Waals surface area (Å²) in [5, 5.41) is 20.4. The van der Waals surface area contributed by atoms with Gasteiger partial charge in [-0.25, -0.2) is 0 Å². The lowest BCUT2D eigenvalue weighted by Crippen LogP contribution is -1.91. The summed E-state index contributed by atoms with van der Waals surface area (Å²) in [5.74, 6) is -0.381. The number of aliphatic imine (C=N–C) groups is 1. The minimum Gasteiger partial charge on any atom is -0.502 e. The Labute approximate surface area is 117 Å². The molecular weight excluding hydrogens is 312 g/mol. The van der Waals surface area contributed by atoms with Crippen LogP contribution in [0.3, 0.4) is 0 Å². The Balaban J connectivity index is 2.31. The molecule has 0 atom stereocenters. The van der Waals surface area contributed by atoms with Gasteiger partial charge in [0.1, 0.15) is 0 Å². The minimum absolute atomic E-state index is 0.303. The summed E-state index contributed by atoms with van der Waals surface area (Å²) in [6.07, 6.45) is 1.39. The number of rotatable bonds is 3. The number of hydrogen-bond donors (Lipinski definition) is 1. The predicted octanol–water partition coefficient (Wildman–Crippen LogP) is 3.81. The van der Waals surface area contributed by atoms with Gasteiger partial charge in [0, 0.05) is 22.3 Å². The van der Waals surface area contributed by atoms with Crippen molar-refractivity contribution in [1.29, 1.82) is 0 Å². The van der Waals surface area contributed by atoms with Crippen molar-refractivity contribution in [3.63, 3.8) is 0 Å². The molecule has 1 N–H and O–H groups in total. The molecule has 0 amide bonds. The Morgan fingerprint density at radius 3 is 2.53 bits per heavy atom. The van der Waals surface area contributed by atoms with Crippen LogP contribution in [0.1, 0.15) is 5.56 Å². The monoisotopic (exact) mass is 320 g/mol. The van der Waals surface area contributed by atoms with E-state index >= 15 is 0 Å². The van der Waals surface area contributed by atoms with Crippen LogP contribution in [0, 0.1) is 10.1 Å². The number of phenols is 1. The van der Waals surface area contributed by atoms with Gasteiger partial charge in [-0.1, -0.05) is 22.0 Å². The highest BCUT2D eigenvalue weighted by Crippen LogP contribution is 2.28. The van der Waals surface area contributed by atoms with Crippen molar-refractivity contribution in [1.82, 2.24) is 0 Å². The van der Waals surface area contributed by atoms with E-state index in [0.29, 0.717) is 11.3 Å². The number of hydrogen-bond acceptors (Lipinski definition) is 4. The van der Waals surface area contributed by atoms with Crippen molar-refractivity contribution < 1.29 is 10.0 Å². The standard InChI is InChI=1S/C13H9BrN2O3/c14-10-4-6-11(7-5-10)15-8-9-2-1-3-12(13(9)17)16(18)19/h1-8,17H. The number of halogens is 1. The van der Waals surface area contributed by atoms with Crippen molar-refractivity contribution in [2.24, 2.45) is 4.99 Å². The lowest BCUT2D eigenvalue weighted by molar-refractivity contribution is -0.385. The van der Waals surface area contributed by atoms with Gasteiger partial charge in [-0.15, -0.1) is 0 Å². The average molecular weight is 321 g/mol. The molecule has 5 nitrogen and oxygen atoms in total. The van der Waals surface area contributed by atoms with E-state index in [1.54, 1.807) is 18.2 Å². The second-order valence-electron chi connectivity index (χ2n) is 3.71. The number of nitro benzene ring substituents is 1. The molecule has 0 fully saturated rings. The molecule has 0 aliphatic carbocycles. The molecule has 2 aromatic rings. The normalized spacial score (nSPS) is 10.8. The van der Waals surface area contributed by atoms with Crippen LogP contribution in [0.4, 0.5) is 11.4 Å². The van der Waals surface area contributed by atoms with E-state index in [1.165, 1.54) is 18.3 Å². The summed E-state index contributed by atoms with van der Waals surface area (Å²) < 4.78 is 0.935. The third-order valence-corrected chi connectivity index (χ3v) is 2.95. The smallest absolute Gasteiger partial charge is 0.311 e. The van der Waals surface area contributed by atoms with Gasteiger partial charge in [-0.2, -0.15) is 0 Å². The first-order valence-electron chi connectivity index (χ1n) is 5.34. The molecule has 0 aromatic heterocycles. The number of aromatic hydroxyl groups is 1. The van der Waals surface area contributed by atoms with Crippen LogP contribution in [-0.4, -0.2) is 16.2 Å². The zero-order valence-corrected chi connectivity index (χ0v) is 11.2. The Morgan fingerprint density at radius 2 is 1.89 bits per heavy atom. The summed E-state index contributed by atoms with van der Waals surface area (Å²) >= 11 is 3.31. The Kier molecular flexibility index (Phi) is 3.91. The summed E-state index contributed by atoms with van der Waals surface area (Å²) in [6.45, 7) is 0.